The summed E-state index contributed by atoms with van der Waals surface area (Å²) >= 11 is 0. The van der Waals surface area contributed by atoms with Crippen molar-refractivity contribution in [3.8, 4) is 0 Å². The average molecular weight is 371 g/mol. The Morgan fingerprint density at radius 2 is 1.25 bits per heavy atom. The highest BCUT2D eigenvalue weighted by molar-refractivity contribution is 5.40. The Balaban J connectivity index is 1.21. The normalized spacial score (nSPS) is 47.4. The van der Waals surface area contributed by atoms with E-state index in [9.17, 15) is 0 Å². The number of hydrogen-bond donors (Lipinski definition) is 0. The second kappa shape index (κ2) is 6.75. The predicted octanol–water partition coefficient (Wildman–Crippen LogP) is 7.05. The molecular formula is C28H34. The van der Waals surface area contributed by atoms with Gasteiger partial charge in [-0.05, 0) is 103 Å². The van der Waals surface area contributed by atoms with Crippen molar-refractivity contribution in [3.63, 3.8) is 0 Å². The first-order valence-corrected chi connectivity index (χ1v) is 11.9. The molecule has 0 heteroatoms. The van der Waals surface area contributed by atoms with Crippen LogP contribution in [0.25, 0.3) is 0 Å². The zero-order valence-corrected chi connectivity index (χ0v) is 17.2. The Labute approximate surface area is 170 Å². The summed E-state index contributed by atoms with van der Waals surface area (Å²) in [4.78, 5) is 0. The maximum Gasteiger partial charge on any atom is -0.00956 e. The molecule has 6 aliphatic carbocycles. The summed E-state index contributed by atoms with van der Waals surface area (Å²) in [5.41, 5.74) is 3.44. The van der Waals surface area contributed by atoms with E-state index in [4.69, 9.17) is 0 Å². The van der Waals surface area contributed by atoms with Crippen LogP contribution in [-0.2, 0) is 0 Å². The van der Waals surface area contributed by atoms with Gasteiger partial charge in [0.25, 0.3) is 0 Å². The van der Waals surface area contributed by atoms with E-state index in [0.717, 1.165) is 53.3 Å². The van der Waals surface area contributed by atoms with Gasteiger partial charge < -0.3 is 0 Å². The molecule has 0 N–H and O–H groups in total. The molecule has 0 aromatic carbocycles. The Kier molecular flexibility index (Phi) is 4.17. The Morgan fingerprint density at radius 3 is 1.93 bits per heavy atom. The van der Waals surface area contributed by atoms with E-state index in [-0.39, 0.29) is 0 Å². The fourth-order valence-corrected chi connectivity index (χ4v) is 7.96. The van der Waals surface area contributed by atoms with E-state index < -0.39 is 0 Å². The Bertz CT molecular complexity index is 781. The maximum atomic E-state index is 2.74. The van der Waals surface area contributed by atoms with Crippen LogP contribution in [0.5, 0.6) is 0 Å². The van der Waals surface area contributed by atoms with Gasteiger partial charge in [0.1, 0.15) is 0 Å². The molecule has 0 nitrogen and oxygen atoms in total. The lowest BCUT2D eigenvalue weighted by Crippen LogP contribution is -2.21. The minimum Gasteiger partial charge on any atom is -0.0805 e. The van der Waals surface area contributed by atoms with Gasteiger partial charge in [0.15, 0.2) is 0 Å². The number of hydrogen-bond acceptors (Lipinski definition) is 0. The van der Waals surface area contributed by atoms with E-state index in [1.165, 1.54) is 38.5 Å². The lowest BCUT2D eigenvalue weighted by Gasteiger charge is -2.30. The predicted molar refractivity (Wildman–Crippen MR) is 118 cm³/mol. The van der Waals surface area contributed by atoms with Crippen molar-refractivity contribution in [2.24, 2.45) is 53.3 Å². The van der Waals surface area contributed by atoms with Crippen LogP contribution in [-0.4, -0.2) is 0 Å². The number of fused-ring (bicyclic) bond motifs is 5. The largest absolute Gasteiger partial charge is 0.0805 e. The van der Waals surface area contributed by atoms with Gasteiger partial charge in [-0.25, -0.2) is 0 Å². The molecule has 28 heavy (non-hydrogen) atoms. The summed E-state index contributed by atoms with van der Waals surface area (Å²) in [5, 5.41) is 0. The van der Waals surface area contributed by atoms with Gasteiger partial charge in [0.05, 0.1) is 0 Å². The van der Waals surface area contributed by atoms with Crippen molar-refractivity contribution in [2.75, 3.05) is 0 Å². The quantitative estimate of drug-likeness (QED) is 0.499. The highest BCUT2D eigenvalue weighted by Gasteiger charge is 2.48. The molecule has 0 heterocycles. The minimum absolute atomic E-state index is 0.732. The molecule has 6 rings (SSSR count). The molecule has 0 aliphatic heterocycles. The topological polar surface area (TPSA) is 0 Å². The molecule has 3 fully saturated rings. The van der Waals surface area contributed by atoms with Crippen LogP contribution in [0.2, 0.25) is 0 Å². The first-order valence-electron chi connectivity index (χ1n) is 11.9. The number of allylic oxidation sites excluding steroid dienone is 12. The highest BCUT2D eigenvalue weighted by Crippen LogP contribution is 2.55. The van der Waals surface area contributed by atoms with Crippen molar-refractivity contribution in [2.45, 2.75) is 45.4 Å². The van der Waals surface area contributed by atoms with E-state index in [1.54, 1.807) is 11.1 Å². The highest BCUT2D eigenvalue weighted by atomic mass is 14.5. The van der Waals surface area contributed by atoms with Gasteiger partial charge in [-0.2, -0.15) is 0 Å². The van der Waals surface area contributed by atoms with Crippen LogP contribution in [0.15, 0.2) is 71.9 Å². The molecule has 0 aromatic rings. The second-order valence-corrected chi connectivity index (χ2v) is 10.4. The molecule has 6 aliphatic rings. The van der Waals surface area contributed by atoms with Crippen molar-refractivity contribution >= 4 is 0 Å². The Morgan fingerprint density at radius 1 is 0.679 bits per heavy atom. The molecule has 9 atom stereocenters. The fourth-order valence-electron chi connectivity index (χ4n) is 7.96. The molecule has 0 amide bonds. The smallest absolute Gasteiger partial charge is 0.00956 e. The maximum absolute atomic E-state index is 2.74. The summed E-state index contributed by atoms with van der Waals surface area (Å²) in [6, 6.07) is 0. The zero-order chi connectivity index (χ0) is 18.7. The molecule has 1 unspecified atom stereocenters. The monoisotopic (exact) mass is 370 g/mol. The molecular weight excluding hydrogens is 336 g/mol. The third-order valence-corrected chi connectivity index (χ3v) is 9.19. The molecule has 0 saturated heterocycles. The van der Waals surface area contributed by atoms with E-state index >= 15 is 0 Å². The minimum atomic E-state index is 0.732. The third-order valence-electron chi connectivity index (χ3n) is 9.19. The van der Waals surface area contributed by atoms with Gasteiger partial charge in [-0.3, -0.25) is 0 Å². The van der Waals surface area contributed by atoms with Gasteiger partial charge in [0.2, 0.25) is 0 Å². The van der Waals surface area contributed by atoms with Crippen LogP contribution in [0.3, 0.4) is 0 Å². The Hall–Kier alpha value is -1.56. The van der Waals surface area contributed by atoms with Gasteiger partial charge in [-0.1, -0.05) is 67.7 Å². The van der Waals surface area contributed by atoms with Crippen molar-refractivity contribution in [3.05, 3.63) is 71.9 Å². The van der Waals surface area contributed by atoms with Gasteiger partial charge >= 0.3 is 0 Å². The summed E-state index contributed by atoms with van der Waals surface area (Å²) in [7, 11) is 0. The fraction of sp³-hybridized carbons (Fsp3) is 0.571. The zero-order valence-electron chi connectivity index (χ0n) is 17.2. The molecule has 0 aromatic heterocycles. The van der Waals surface area contributed by atoms with Crippen LogP contribution in [0, 0.1) is 53.3 Å². The lowest BCUT2D eigenvalue weighted by molar-refractivity contribution is 0.264. The van der Waals surface area contributed by atoms with Gasteiger partial charge in [-0.15, -0.1) is 0 Å². The standard InChI is InChI=1S/C28H34/c1-18-15-21-16-19-7-6-8-20(19)17-28(21)22(18)13-14-27-25-11-4-2-9-23(25)24-10-3-5-12-26(24)27/h2-5,9-12,16-18,21-28H,6-8,13-15H2,1H3/t18-,21-,22-,23-,24-,25-,26+,27?,28+/m1/s1. The van der Waals surface area contributed by atoms with Crippen molar-refractivity contribution in [1.82, 2.24) is 0 Å². The SMILES string of the molecule is C[C@@H]1C[C@@H]2C=C3CCCC3=C[C@@H]2[C@@H]1CCC1[C@H]2C=CC=C[C@@H]2[C@H]2C=CC=C[C@@H]12. The summed E-state index contributed by atoms with van der Waals surface area (Å²) in [6.07, 6.45) is 33.1. The van der Waals surface area contributed by atoms with Crippen molar-refractivity contribution in [1.29, 1.82) is 0 Å². The average Bonchev–Trinajstić information content (AvgIpc) is 3.38. The lowest BCUT2D eigenvalue weighted by atomic mass is 9.75. The third kappa shape index (κ3) is 2.63. The first kappa shape index (κ1) is 17.3. The summed E-state index contributed by atoms with van der Waals surface area (Å²) in [5.74, 6) is 7.28. The summed E-state index contributed by atoms with van der Waals surface area (Å²) < 4.78 is 0. The van der Waals surface area contributed by atoms with E-state index in [2.05, 4.69) is 67.7 Å². The second-order valence-electron chi connectivity index (χ2n) is 10.4. The molecule has 0 radical (unpaired) electrons. The van der Waals surface area contributed by atoms with Gasteiger partial charge in [0, 0.05) is 0 Å². The number of rotatable bonds is 3. The van der Waals surface area contributed by atoms with Crippen LogP contribution >= 0.6 is 0 Å². The molecule has 0 bridgehead atoms. The first-order chi connectivity index (χ1) is 13.8. The summed E-state index contributed by atoms with van der Waals surface area (Å²) in [6.45, 7) is 2.54. The molecule has 3 saturated carbocycles. The van der Waals surface area contributed by atoms with Crippen LogP contribution in [0.1, 0.15) is 45.4 Å². The molecule has 146 valence electrons. The van der Waals surface area contributed by atoms with Crippen LogP contribution < -0.4 is 0 Å². The van der Waals surface area contributed by atoms with Crippen LogP contribution in [0.4, 0.5) is 0 Å². The van der Waals surface area contributed by atoms with E-state index in [0.29, 0.717) is 0 Å². The van der Waals surface area contributed by atoms with E-state index in [1.807, 2.05) is 0 Å². The van der Waals surface area contributed by atoms with Crippen molar-refractivity contribution < 1.29 is 0 Å². The molecule has 0 spiro atoms.